The Balaban J connectivity index is 2.40. The van der Waals surface area contributed by atoms with E-state index in [0.717, 1.165) is 4.57 Å². The van der Waals surface area contributed by atoms with Crippen molar-refractivity contribution in [1.29, 1.82) is 0 Å². The molecular weight excluding hydrogens is 360 g/mol. The van der Waals surface area contributed by atoms with Gasteiger partial charge in [-0.3, -0.25) is 13.9 Å². The van der Waals surface area contributed by atoms with Crippen LogP contribution in [-0.2, 0) is 19.5 Å². The average Bonchev–Trinajstić information content (AvgIpc) is 2.94. The maximum Gasteiger partial charge on any atom is 0.332 e. The summed E-state index contributed by atoms with van der Waals surface area (Å²) < 4.78 is 7.30. The Bertz CT molecular complexity index is 1090. The van der Waals surface area contributed by atoms with Gasteiger partial charge in [0.05, 0.1) is 0 Å². The number of fused-ring (bicyclic) bond motifs is 1. The molecule has 0 radical (unpaired) electrons. The lowest BCUT2D eigenvalue weighted by atomic mass is 9.96. The lowest BCUT2D eigenvalue weighted by molar-refractivity contribution is 0.539. The number of rotatable bonds is 2. The molecule has 10 heteroatoms. The van der Waals surface area contributed by atoms with Crippen LogP contribution in [0.1, 0.15) is 32.4 Å². The van der Waals surface area contributed by atoms with Crippen molar-refractivity contribution >= 4 is 34.3 Å². The molecule has 3 aromatic rings. The van der Waals surface area contributed by atoms with E-state index in [1.54, 1.807) is 7.05 Å². The minimum Gasteiger partial charge on any atom is -0.280 e. The highest BCUT2D eigenvalue weighted by Crippen LogP contribution is 2.32. The van der Waals surface area contributed by atoms with Crippen LogP contribution in [0.25, 0.3) is 11.0 Å². The Labute approximate surface area is 152 Å². The van der Waals surface area contributed by atoms with Crippen molar-refractivity contribution in [3.63, 3.8) is 0 Å². The van der Waals surface area contributed by atoms with Crippen molar-refractivity contribution in [2.75, 3.05) is 0 Å². The van der Waals surface area contributed by atoms with Crippen molar-refractivity contribution in [3.8, 4) is 0 Å². The van der Waals surface area contributed by atoms with E-state index < -0.39 is 11.2 Å². The van der Waals surface area contributed by atoms with Crippen molar-refractivity contribution in [3.05, 3.63) is 32.5 Å². The van der Waals surface area contributed by atoms with Gasteiger partial charge in [-0.2, -0.15) is 4.37 Å². The SMILES string of the molecule is Cc1nsc(Sc2nc(C(C)(C)C)nc3c2c(=O)n(C)c(=O)n3C)n1. The lowest BCUT2D eigenvalue weighted by Crippen LogP contribution is -2.38. The summed E-state index contributed by atoms with van der Waals surface area (Å²) in [6, 6.07) is 0. The Morgan fingerprint density at radius 2 is 1.72 bits per heavy atom. The second kappa shape index (κ2) is 6.03. The van der Waals surface area contributed by atoms with E-state index in [4.69, 9.17) is 0 Å². The summed E-state index contributed by atoms with van der Waals surface area (Å²) in [6.45, 7) is 7.76. The van der Waals surface area contributed by atoms with Crippen LogP contribution >= 0.6 is 23.3 Å². The molecule has 132 valence electrons. The normalized spacial score (nSPS) is 12.1. The number of aromatic nitrogens is 6. The van der Waals surface area contributed by atoms with E-state index in [1.807, 2.05) is 27.7 Å². The molecule has 0 aliphatic heterocycles. The third-order valence-corrected chi connectivity index (χ3v) is 5.46. The molecule has 0 N–H and O–H groups in total. The van der Waals surface area contributed by atoms with Crippen LogP contribution in [0.2, 0.25) is 0 Å². The van der Waals surface area contributed by atoms with E-state index >= 15 is 0 Å². The van der Waals surface area contributed by atoms with Gasteiger partial charge in [0.15, 0.2) is 9.99 Å². The van der Waals surface area contributed by atoms with Crippen LogP contribution in [-0.4, -0.2) is 28.5 Å². The van der Waals surface area contributed by atoms with Crippen LogP contribution in [0.5, 0.6) is 0 Å². The van der Waals surface area contributed by atoms with Gasteiger partial charge in [0.1, 0.15) is 22.1 Å². The molecule has 0 aliphatic carbocycles. The summed E-state index contributed by atoms with van der Waals surface area (Å²) in [5.41, 5.74) is -0.838. The van der Waals surface area contributed by atoms with Gasteiger partial charge in [0.25, 0.3) is 5.56 Å². The topological polar surface area (TPSA) is 95.6 Å². The summed E-state index contributed by atoms with van der Waals surface area (Å²) in [4.78, 5) is 38.4. The minimum atomic E-state index is -0.418. The van der Waals surface area contributed by atoms with E-state index in [2.05, 4.69) is 19.3 Å². The largest absolute Gasteiger partial charge is 0.332 e. The first kappa shape index (κ1) is 17.7. The van der Waals surface area contributed by atoms with E-state index in [1.165, 1.54) is 34.9 Å². The third-order valence-electron chi connectivity index (χ3n) is 3.63. The van der Waals surface area contributed by atoms with Gasteiger partial charge in [-0.1, -0.05) is 20.8 Å². The summed E-state index contributed by atoms with van der Waals surface area (Å²) in [6.07, 6.45) is 0. The summed E-state index contributed by atoms with van der Waals surface area (Å²) in [7, 11) is 3.05. The number of nitrogens with zero attached hydrogens (tertiary/aromatic N) is 6. The van der Waals surface area contributed by atoms with E-state index in [0.29, 0.717) is 32.0 Å². The summed E-state index contributed by atoms with van der Waals surface area (Å²) in [5, 5.41) is 0.803. The van der Waals surface area contributed by atoms with Gasteiger partial charge in [0, 0.05) is 19.5 Å². The van der Waals surface area contributed by atoms with E-state index in [9.17, 15) is 9.59 Å². The number of aryl methyl sites for hydroxylation is 2. The zero-order chi connectivity index (χ0) is 18.5. The highest BCUT2D eigenvalue weighted by molar-refractivity contribution is 8.01. The van der Waals surface area contributed by atoms with Crippen molar-refractivity contribution in [2.45, 2.75) is 42.5 Å². The smallest absolute Gasteiger partial charge is 0.280 e. The fraction of sp³-hybridized carbons (Fsp3) is 0.467. The molecular formula is C15H18N6O2S2. The first-order valence-corrected chi connectivity index (χ1v) is 9.15. The summed E-state index contributed by atoms with van der Waals surface area (Å²) >= 11 is 2.52. The molecule has 0 unspecified atom stereocenters. The van der Waals surface area contributed by atoms with Gasteiger partial charge >= 0.3 is 5.69 Å². The van der Waals surface area contributed by atoms with Crippen LogP contribution < -0.4 is 11.2 Å². The molecule has 3 aromatic heterocycles. The van der Waals surface area contributed by atoms with Gasteiger partial charge in [-0.25, -0.2) is 19.7 Å². The van der Waals surface area contributed by atoms with E-state index in [-0.39, 0.29) is 5.41 Å². The van der Waals surface area contributed by atoms with Crippen LogP contribution in [0.15, 0.2) is 19.0 Å². The average molecular weight is 378 g/mol. The fourth-order valence-electron chi connectivity index (χ4n) is 2.24. The molecule has 3 rings (SSSR count). The quantitative estimate of drug-likeness (QED) is 0.625. The van der Waals surface area contributed by atoms with Crippen molar-refractivity contribution in [1.82, 2.24) is 28.5 Å². The maximum atomic E-state index is 12.7. The standard InChI is InChI=1S/C15H18N6O2S2/c1-7-16-13(25-19-7)24-10-8-9(17-12(18-10)15(2,3)4)20(5)14(23)21(6)11(8)22/h1-6H3. The fourth-order valence-corrected chi connectivity index (χ4v) is 3.92. The second-order valence-electron chi connectivity index (χ2n) is 6.72. The zero-order valence-electron chi connectivity index (χ0n) is 14.8. The zero-order valence-corrected chi connectivity index (χ0v) is 16.4. The van der Waals surface area contributed by atoms with Crippen LogP contribution in [0.3, 0.4) is 0 Å². The summed E-state index contributed by atoms with van der Waals surface area (Å²) in [5.74, 6) is 1.23. The van der Waals surface area contributed by atoms with Crippen LogP contribution in [0.4, 0.5) is 0 Å². The Kier molecular flexibility index (Phi) is 4.28. The molecule has 0 aliphatic rings. The Hall–Kier alpha value is -2.07. The monoisotopic (exact) mass is 378 g/mol. The second-order valence-corrected chi connectivity index (χ2v) is 8.70. The first-order chi connectivity index (χ1) is 11.6. The molecule has 8 nitrogen and oxygen atoms in total. The van der Waals surface area contributed by atoms with Crippen molar-refractivity contribution in [2.24, 2.45) is 14.1 Å². The predicted octanol–water partition coefficient (Wildman–Crippen LogP) is 1.64. The molecule has 0 saturated heterocycles. The third kappa shape index (κ3) is 3.11. The number of hydrogen-bond acceptors (Lipinski definition) is 8. The molecule has 0 atom stereocenters. The predicted molar refractivity (Wildman–Crippen MR) is 97.5 cm³/mol. The first-order valence-electron chi connectivity index (χ1n) is 7.56. The van der Waals surface area contributed by atoms with Crippen molar-refractivity contribution < 1.29 is 0 Å². The molecule has 25 heavy (non-hydrogen) atoms. The molecule has 0 aromatic carbocycles. The molecule has 0 spiro atoms. The maximum absolute atomic E-state index is 12.7. The highest BCUT2D eigenvalue weighted by Gasteiger charge is 2.24. The Morgan fingerprint density at radius 1 is 1.04 bits per heavy atom. The molecule has 0 amide bonds. The minimum absolute atomic E-state index is 0.315. The molecule has 0 saturated carbocycles. The van der Waals surface area contributed by atoms with Gasteiger partial charge < -0.3 is 0 Å². The Morgan fingerprint density at radius 3 is 2.28 bits per heavy atom. The molecule has 0 fully saturated rings. The lowest BCUT2D eigenvalue weighted by Gasteiger charge is -2.19. The van der Waals surface area contributed by atoms with Gasteiger partial charge in [-0.15, -0.1) is 0 Å². The highest BCUT2D eigenvalue weighted by atomic mass is 32.2. The number of hydrogen-bond donors (Lipinski definition) is 0. The molecule has 0 bridgehead atoms. The molecule has 3 heterocycles. The van der Waals surface area contributed by atoms with Gasteiger partial charge in [0.2, 0.25) is 0 Å². The van der Waals surface area contributed by atoms with Crippen LogP contribution in [0, 0.1) is 6.92 Å². The van der Waals surface area contributed by atoms with Gasteiger partial charge in [-0.05, 0) is 30.2 Å².